The highest BCUT2D eigenvalue weighted by Gasteiger charge is 2.44. The first-order valence-electron chi connectivity index (χ1n) is 9.68. The smallest absolute Gasteiger partial charge is 0.253 e. The molecule has 1 fully saturated rings. The van der Waals surface area contributed by atoms with E-state index in [2.05, 4.69) is 10.6 Å². The van der Waals surface area contributed by atoms with Gasteiger partial charge in [-0.1, -0.05) is 11.6 Å². The third-order valence-corrected chi connectivity index (χ3v) is 6.08. The van der Waals surface area contributed by atoms with Gasteiger partial charge in [0.1, 0.15) is 11.6 Å². The molecule has 0 unspecified atom stereocenters. The molecular weight excluding hydrogens is 391 g/mol. The van der Waals surface area contributed by atoms with Crippen molar-refractivity contribution in [3.05, 3.63) is 82.4 Å². The Morgan fingerprint density at radius 2 is 1.93 bits per heavy atom. The van der Waals surface area contributed by atoms with E-state index in [1.54, 1.807) is 17.9 Å². The molecule has 0 radical (unpaired) electrons. The van der Waals surface area contributed by atoms with E-state index >= 15 is 0 Å². The third kappa shape index (κ3) is 3.01. The third-order valence-electron chi connectivity index (χ3n) is 5.85. The molecule has 0 N–H and O–H groups in total. The minimum Gasteiger partial charge on any atom is -0.479 e. The predicted octanol–water partition coefficient (Wildman–Crippen LogP) is 5.10. The number of hydrogen-bond donors (Lipinski definition) is 0. The molecule has 0 saturated carbocycles. The molecule has 29 heavy (non-hydrogen) atoms. The molecule has 1 saturated heterocycles. The fourth-order valence-electron chi connectivity index (χ4n) is 4.47. The van der Waals surface area contributed by atoms with Crippen LogP contribution in [0, 0.1) is 12.7 Å². The van der Waals surface area contributed by atoms with Crippen molar-refractivity contribution in [1.29, 1.82) is 0 Å². The Bertz CT molecular complexity index is 1100. The van der Waals surface area contributed by atoms with Gasteiger partial charge in [-0.15, -0.1) is 0 Å². The van der Waals surface area contributed by atoms with Crippen molar-refractivity contribution >= 4 is 17.5 Å². The summed E-state index contributed by atoms with van der Waals surface area (Å²) in [5.74, 6) is 0.225. The number of carbonyl (C=O) groups is 1. The van der Waals surface area contributed by atoms with Crippen LogP contribution in [0.2, 0.25) is 5.02 Å². The summed E-state index contributed by atoms with van der Waals surface area (Å²) in [5.41, 5.74) is 2.68. The van der Waals surface area contributed by atoms with Gasteiger partial charge >= 0.3 is 0 Å². The van der Waals surface area contributed by atoms with Crippen LogP contribution in [0.3, 0.4) is 0 Å². The van der Waals surface area contributed by atoms with E-state index in [0.29, 0.717) is 36.5 Å². The number of amides is 1. The predicted molar refractivity (Wildman–Crippen MR) is 109 cm³/mol. The molecule has 1 spiro atoms. The van der Waals surface area contributed by atoms with Gasteiger partial charge in [-0.25, -0.2) is 4.39 Å². The number of carbonyl (C=O) groups excluding carboxylic acids is 1. The van der Waals surface area contributed by atoms with Gasteiger partial charge in [0.25, 0.3) is 5.91 Å². The van der Waals surface area contributed by atoms with Gasteiger partial charge in [0.2, 0.25) is 0 Å². The summed E-state index contributed by atoms with van der Waals surface area (Å²) >= 11 is 6.19. The highest BCUT2D eigenvalue weighted by Crippen LogP contribution is 2.45. The molecule has 4 nitrogen and oxygen atoms in total. The van der Waals surface area contributed by atoms with E-state index in [4.69, 9.17) is 16.3 Å². The Balaban J connectivity index is 1.42. The quantitative estimate of drug-likeness (QED) is 0.559. The number of fused-ring (bicyclic) bond motifs is 4. The number of piperidine rings is 1. The minimum absolute atomic E-state index is 0.142. The van der Waals surface area contributed by atoms with Crippen molar-refractivity contribution in [3.63, 3.8) is 0 Å². The van der Waals surface area contributed by atoms with Crippen molar-refractivity contribution < 1.29 is 13.9 Å². The fraction of sp³-hybridized carbons (Fsp3) is 0.261. The van der Waals surface area contributed by atoms with Crippen molar-refractivity contribution in [2.75, 3.05) is 13.1 Å². The average Bonchev–Trinajstić information content (AvgIpc) is 3.18. The number of likely N-dealkylation sites (tertiary alicyclic amines) is 1. The number of halogens is 2. The van der Waals surface area contributed by atoms with Gasteiger partial charge in [0, 0.05) is 48.8 Å². The van der Waals surface area contributed by atoms with Crippen LogP contribution in [-0.2, 0) is 5.60 Å². The summed E-state index contributed by atoms with van der Waals surface area (Å²) in [6, 6.07) is 14.2. The first kappa shape index (κ1) is 18.3. The number of ether oxygens (including phenoxy) is 1. The molecular formula is C23H20ClFN2O2. The van der Waals surface area contributed by atoms with E-state index < -0.39 is 5.60 Å². The van der Waals surface area contributed by atoms with Crippen LogP contribution < -0.4 is 4.74 Å². The second kappa shape index (κ2) is 6.63. The van der Waals surface area contributed by atoms with Crippen LogP contribution in [-0.4, -0.2) is 28.5 Å². The van der Waals surface area contributed by atoms with Crippen LogP contribution in [0.5, 0.6) is 5.75 Å². The first-order valence-corrected chi connectivity index (χ1v) is 10.1. The number of rotatable bonds is 1. The van der Waals surface area contributed by atoms with Crippen LogP contribution in [0.25, 0.3) is 5.69 Å². The summed E-state index contributed by atoms with van der Waals surface area (Å²) in [6.07, 6.45) is 3.34. The second-order valence-electron chi connectivity index (χ2n) is 7.78. The zero-order chi connectivity index (χ0) is 20.2. The topological polar surface area (TPSA) is 34.5 Å². The lowest BCUT2D eigenvalue weighted by molar-refractivity contribution is -0.00931. The summed E-state index contributed by atoms with van der Waals surface area (Å²) in [5, 5.41) is 0.628. The van der Waals surface area contributed by atoms with Gasteiger partial charge in [0.05, 0.1) is 11.4 Å². The molecule has 148 valence electrons. The molecule has 2 aromatic carbocycles. The minimum atomic E-state index is -0.504. The second-order valence-corrected chi connectivity index (χ2v) is 8.22. The van der Waals surface area contributed by atoms with E-state index in [1.807, 2.05) is 30.5 Å². The Morgan fingerprint density at radius 3 is 2.69 bits per heavy atom. The zero-order valence-electron chi connectivity index (χ0n) is 16.0. The molecule has 5 rings (SSSR count). The molecule has 2 aliphatic heterocycles. The molecule has 0 bridgehead atoms. The molecule has 3 aromatic rings. The molecule has 2 aliphatic rings. The molecule has 0 atom stereocenters. The molecule has 3 heterocycles. The van der Waals surface area contributed by atoms with E-state index in [1.165, 1.54) is 12.1 Å². The van der Waals surface area contributed by atoms with Crippen molar-refractivity contribution in [1.82, 2.24) is 9.47 Å². The van der Waals surface area contributed by atoms with Gasteiger partial charge < -0.3 is 14.2 Å². The Kier molecular flexibility index (Phi) is 4.17. The SMILES string of the molecule is Cc1cc(F)cc(C(=O)N2CCC3(CC2)Oc2cc(Cl)ccc2-n2cccc23)c1. The van der Waals surface area contributed by atoms with Crippen LogP contribution in [0.15, 0.2) is 54.7 Å². The molecule has 6 heteroatoms. The standard InChI is InChI=1S/C23H20ClFN2O2/c1-15-11-16(13-18(25)12-15)22(28)26-9-6-23(7-10-26)21-3-2-8-27(21)19-5-4-17(24)14-20(19)29-23/h2-5,8,11-14H,6-7,9-10H2,1H3. The first-order chi connectivity index (χ1) is 13.9. The maximum absolute atomic E-state index is 13.7. The maximum Gasteiger partial charge on any atom is 0.253 e. The largest absolute Gasteiger partial charge is 0.479 e. The lowest BCUT2D eigenvalue weighted by Gasteiger charge is -2.45. The van der Waals surface area contributed by atoms with Crippen LogP contribution in [0.4, 0.5) is 4.39 Å². The summed E-state index contributed by atoms with van der Waals surface area (Å²) in [6.45, 7) is 2.86. The molecule has 1 aromatic heterocycles. The highest BCUT2D eigenvalue weighted by molar-refractivity contribution is 6.30. The lowest BCUT2D eigenvalue weighted by Crippen LogP contribution is -2.50. The van der Waals surface area contributed by atoms with Gasteiger partial charge in [-0.2, -0.15) is 0 Å². The monoisotopic (exact) mass is 410 g/mol. The Labute approximate surface area is 173 Å². The van der Waals surface area contributed by atoms with E-state index in [9.17, 15) is 9.18 Å². The normalized spacial score (nSPS) is 16.9. The summed E-state index contributed by atoms with van der Waals surface area (Å²) in [7, 11) is 0. The van der Waals surface area contributed by atoms with E-state index in [0.717, 1.165) is 22.7 Å². The van der Waals surface area contributed by atoms with Crippen molar-refractivity contribution in [2.24, 2.45) is 0 Å². The summed E-state index contributed by atoms with van der Waals surface area (Å²) in [4.78, 5) is 14.7. The van der Waals surface area contributed by atoms with Crippen LogP contribution in [0.1, 0.15) is 34.5 Å². The lowest BCUT2D eigenvalue weighted by atomic mass is 9.86. The molecule has 1 amide bonds. The summed E-state index contributed by atoms with van der Waals surface area (Å²) < 4.78 is 22.4. The Morgan fingerprint density at radius 1 is 1.14 bits per heavy atom. The van der Waals surface area contributed by atoms with Gasteiger partial charge in [-0.3, -0.25) is 4.79 Å². The Hall–Kier alpha value is -2.79. The van der Waals surface area contributed by atoms with E-state index in [-0.39, 0.29) is 11.7 Å². The van der Waals surface area contributed by atoms with Gasteiger partial charge in [-0.05, 0) is 55.0 Å². The van der Waals surface area contributed by atoms with Gasteiger partial charge in [0.15, 0.2) is 5.60 Å². The fourth-order valence-corrected chi connectivity index (χ4v) is 4.63. The van der Waals surface area contributed by atoms with Crippen molar-refractivity contribution in [3.8, 4) is 11.4 Å². The number of aryl methyl sites for hydroxylation is 1. The van der Waals surface area contributed by atoms with Crippen LogP contribution >= 0.6 is 11.6 Å². The number of aromatic nitrogens is 1. The zero-order valence-corrected chi connectivity index (χ0v) is 16.7. The number of hydrogen-bond acceptors (Lipinski definition) is 2. The number of nitrogens with zero attached hydrogens (tertiary/aromatic N) is 2. The number of benzene rings is 2. The maximum atomic E-state index is 13.7. The molecule has 0 aliphatic carbocycles. The highest BCUT2D eigenvalue weighted by atomic mass is 35.5. The average molecular weight is 411 g/mol. The van der Waals surface area contributed by atoms with Crippen molar-refractivity contribution in [2.45, 2.75) is 25.4 Å².